The number of likely N-dealkylation sites (tertiary alicyclic amines) is 1. The number of hydrogen-bond acceptors (Lipinski definition) is 3. The van der Waals surface area contributed by atoms with Gasteiger partial charge in [0.05, 0.1) is 0 Å². The number of amides is 2. The summed E-state index contributed by atoms with van der Waals surface area (Å²) in [5.41, 5.74) is 2.09. The van der Waals surface area contributed by atoms with Crippen LogP contribution in [0, 0.1) is 5.92 Å². The first kappa shape index (κ1) is 20.2. The highest BCUT2D eigenvalue weighted by atomic mass is 16.2. The van der Waals surface area contributed by atoms with Gasteiger partial charge in [0.15, 0.2) is 5.96 Å². The zero-order valence-corrected chi connectivity index (χ0v) is 17.1. The lowest BCUT2D eigenvalue weighted by Crippen LogP contribution is -2.45. The van der Waals surface area contributed by atoms with E-state index in [0.717, 1.165) is 49.7 Å². The average Bonchev–Trinajstić information content (AvgIpc) is 3.33. The molecule has 1 aromatic carbocycles. The topological polar surface area (TPSA) is 77.0 Å². The maximum absolute atomic E-state index is 12.1. The summed E-state index contributed by atoms with van der Waals surface area (Å²) in [6.07, 6.45) is 2.51. The molecule has 28 heavy (non-hydrogen) atoms. The summed E-state index contributed by atoms with van der Waals surface area (Å²) >= 11 is 0. The first-order chi connectivity index (χ1) is 13.5. The van der Waals surface area contributed by atoms with Gasteiger partial charge in [-0.2, -0.15) is 0 Å². The fourth-order valence-electron chi connectivity index (χ4n) is 3.73. The number of carbonyl (C=O) groups is 2. The van der Waals surface area contributed by atoms with E-state index in [1.165, 1.54) is 0 Å². The van der Waals surface area contributed by atoms with Crippen LogP contribution in [0.5, 0.6) is 0 Å². The highest BCUT2D eigenvalue weighted by Gasteiger charge is 2.28. The summed E-state index contributed by atoms with van der Waals surface area (Å²) in [7, 11) is 1.75. The molecule has 7 nitrogen and oxygen atoms in total. The molecule has 2 heterocycles. The smallest absolute Gasteiger partial charge is 0.227 e. The Morgan fingerprint density at radius 2 is 2.00 bits per heavy atom. The van der Waals surface area contributed by atoms with E-state index in [2.05, 4.69) is 15.6 Å². The molecule has 0 bridgehead atoms. The van der Waals surface area contributed by atoms with Crippen molar-refractivity contribution < 1.29 is 9.59 Å². The fraction of sp³-hybridized carbons (Fsp3) is 0.571. The van der Waals surface area contributed by atoms with Gasteiger partial charge in [0.2, 0.25) is 11.8 Å². The van der Waals surface area contributed by atoms with Crippen molar-refractivity contribution in [2.24, 2.45) is 10.9 Å². The van der Waals surface area contributed by atoms with Crippen molar-refractivity contribution in [1.82, 2.24) is 15.5 Å². The van der Waals surface area contributed by atoms with E-state index in [0.29, 0.717) is 13.0 Å². The Morgan fingerprint density at radius 3 is 2.61 bits per heavy atom. The molecule has 2 saturated heterocycles. The molecule has 2 fully saturated rings. The lowest BCUT2D eigenvalue weighted by molar-refractivity contribution is -0.133. The van der Waals surface area contributed by atoms with Gasteiger partial charge < -0.3 is 20.4 Å². The predicted molar refractivity (Wildman–Crippen MR) is 111 cm³/mol. The van der Waals surface area contributed by atoms with Gasteiger partial charge in [-0.3, -0.25) is 14.6 Å². The Morgan fingerprint density at radius 1 is 1.25 bits per heavy atom. The number of hydrogen-bond donors (Lipinski definition) is 2. The minimum Gasteiger partial charge on any atom is -0.352 e. The Hall–Kier alpha value is -2.57. The number of aliphatic imine (C=N–C) groups is 1. The van der Waals surface area contributed by atoms with Crippen molar-refractivity contribution >= 4 is 23.5 Å². The molecule has 2 N–H and O–H groups in total. The van der Waals surface area contributed by atoms with Crippen LogP contribution in [0.25, 0.3) is 0 Å². The number of carbonyl (C=O) groups excluding carboxylic acids is 2. The highest BCUT2D eigenvalue weighted by molar-refractivity contribution is 5.95. The van der Waals surface area contributed by atoms with Gasteiger partial charge in [-0.05, 0) is 30.5 Å². The number of nitrogens with one attached hydrogen (secondary N) is 2. The largest absolute Gasteiger partial charge is 0.352 e. The minimum absolute atomic E-state index is 0.0370. The quantitative estimate of drug-likeness (QED) is 0.598. The van der Waals surface area contributed by atoms with Gasteiger partial charge >= 0.3 is 0 Å². The predicted octanol–water partition coefficient (Wildman–Crippen LogP) is 1.74. The molecular weight excluding hydrogens is 354 g/mol. The van der Waals surface area contributed by atoms with Crippen molar-refractivity contribution in [3.05, 3.63) is 29.8 Å². The second-order valence-corrected chi connectivity index (χ2v) is 7.81. The minimum atomic E-state index is 0.0370. The summed E-state index contributed by atoms with van der Waals surface area (Å²) in [5, 5.41) is 6.75. The van der Waals surface area contributed by atoms with E-state index in [1.54, 1.807) is 7.05 Å². The van der Waals surface area contributed by atoms with Crippen LogP contribution in [-0.2, 0) is 16.1 Å². The number of anilines is 1. The van der Waals surface area contributed by atoms with Crippen molar-refractivity contribution in [2.75, 3.05) is 31.6 Å². The second-order valence-electron chi connectivity index (χ2n) is 7.81. The van der Waals surface area contributed by atoms with E-state index in [-0.39, 0.29) is 23.8 Å². The van der Waals surface area contributed by atoms with Crippen molar-refractivity contribution in [3.8, 4) is 0 Å². The molecular formula is C21H31N5O2. The van der Waals surface area contributed by atoms with Crippen molar-refractivity contribution in [3.63, 3.8) is 0 Å². The van der Waals surface area contributed by atoms with Crippen LogP contribution in [0.2, 0.25) is 0 Å². The summed E-state index contributed by atoms with van der Waals surface area (Å²) in [4.78, 5) is 32.0. The molecule has 3 rings (SSSR count). The van der Waals surface area contributed by atoms with Crippen LogP contribution in [0.15, 0.2) is 29.3 Å². The molecule has 0 aromatic heterocycles. The van der Waals surface area contributed by atoms with Crippen molar-refractivity contribution in [1.29, 1.82) is 0 Å². The molecule has 0 saturated carbocycles. The van der Waals surface area contributed by atoms with E-state index in [9.17, 15) is 9.59 Å². The van der Waals surface area contributed by atoms with Gasteiger partial charge in [-0.15, -0.1) is 0 Å². The number of guanidine groups is 1. The van der Waals surface area contributed by atoms with Gasteiger partial charge in [-0.25, -0.2) is 0 Å². The number of nitrogens with zero attached hydrogens (tertiary/aromatic N) is 3. The average molecular weight is 386 g/mol. The maximum atomic E-state index is 12.1. The molecule has 1 atom stereocenters. The molecule has 7 heteroatoms. The maximum Gasteiger partial charge on any atom is 0.227 e. The summed E-state index contributed by atoms with van der Waals surface area (Å²) < 4.78 is 0. The SMILES string of the molecule is CN=C(NCc1ccc(N2CCCC2=O)cc1)NC1CCN(C(=O)C(C)C)C1. The molecule has 0 radical (unpaired) electrons. The van der Waals surface area contributed by atoms with E-state index in [1.807, 2.05) is 47.9 Å². The van der Waals surface area contributed by atoms with E-state index >= 15 is 0 Å². The standard InChI is InChI=1S/C21H31N5O2/c1-15(2)20(28)25-12-10-17(14-25)24-21(22-3)23-13-16-6-8-18(9-7-16)26-11-4-5-19(26)27/h6-9,15,17H,4-5,10-14H2,1-3H3,(H2,22,23,24). The van der Waals surface area contributed by atoms with Crippen LogP contribution >= 0.6 is 0 Å². The van der Waals surface area contributed by atoms with Gasteiger partial charge in [0.1, 0.15) is 0 Å². The molecule has 0 aliphatic carbocycles. The van der Waals surface area contributed by atoms with Crippen LogP contribution < -0.4 is 15.5 Å². The Balaban J connectivity index is 1.48. The fourth-order valence-corrected chi connectivity index (χ4v) is 3.73. The van der Waals surface area contributed by atoms with E-state index in [4.69, 9.17) is 0 Å². The Bertz CT molecular complexity index is 729. The summed E-state index contributed by atoms with van der Waals surface area (Å²) in [6, 6.07) is 8.31. The normalized spacial score (nSPS) is 20.2. The molecule has 1 aromatic rings. The number of benzene rings is 1. The zero-order chi connectivity index (χ0) is 20.1. The molecule has 152 valence electrons. The van der Waals surface area contributed by atoms with Crippen molar-refractivity contribution in [2.45, 2.75) is 45.7 Å². The molecule has 1 unspecified atom stereocenters. The molecule has 2 aliphatic rings. The first-order valence-electron chi connectivity index (χ1n) is 10.1. The monoisotopic (exact) mass is 385 g/mol. The van der Waals surface area contributed by atoms with Gasteiger partial charge in [-0.1, -0.05) is 26.0 Å². The lowest BCUT2D eigenvalue weighted by atomic mass is 10.2. The summed E-state index contributed by atoms with van der Waals surface area (Å²) in [6.45, 7) is 6.85. The van der Waals surface area contributed by atoms with Gasteiger partial charge in [0.25, 0.3) is 0 Å². The third kappa shape index (κ3) is 4.82. The van der Waals surface area contributed by atoms with Crippen LogP contribution in [0.4, 0.5) is 5.69 Å². The molecule has 0 spiro atoms. The zero-order valence-electron chi connectivity index (χ0n) is 17.1. The Labute approximate surface area is 167 Å². The third-order valence-corrected chi connectivity index (χ3v) is 5.34. The molecule has 2 aliphatic heterocycles. The van der Waals surface area contributed by atoms with Gasteiger partial charge in [0, 0.05) is 57.3 Å². The van der Waals surface area contributed by atoms with Crippen LogP contribution in [0.3, 0.4) is 0 Å². The molecule has 2 amide bonds. The summed E-state index contributed by atoms with van der Waals surface area (Å²) in [5.74, 6) is 1.19. The second kappa shape index (κ2) is 9.08. The highest BCUT2D eigenvalue weighted by Crippen LogP contribution is 2.21. The van der Waals surface area contributed by atoms with Crippen LogP contribution in [-0.4, -0.2) is 55.4 Å². The van der Waals surface area contributed by atoms with Crippen LogP contribution in [0.1, 0.15) is 38.7 Å². The third-order valence-electron chi connectivity index (χ3n) is 5.34. The van der Waals surface area contributed by atoms with E-state index < -0.39 is 0 Å². The first-order valence-corrected chi connectivity index (χ1v) is 10.1. The Kier molecular flexibility index (Phi) is 6.54. The lowest BCUT2D eigenvalue weighted by Gasteiger charge is -2.20. The number of rotatable bonds is 5.